The quantitative estimate of drug-likeness (QED) is 0.743. The molecule has 9 nitrogen and oxygen atoms in total. The van der Waals surface area contributed by atoms with Crippen molar-refractivity contribution in [2.24, 2.45) is 0 Å². The number of carbonyl (C=O) groups is 4. The predicted octanol–water partition coefficient (Wildman–Crippen LogP) is 0.377. The van der Waals surface area contributed by atoms with Crippen molar-refractivity contribution in [3.63, 3.8) is 0 Å². The van der Waals surface area contributed by atoms with Crippen LogP contribution in [0.25, 0.3) is 0 Å². The Morgan fingerprint density at radius 1 is 1.24 bits per heavy atom. The highest BCUT2D eigenvalue weighted by Gasteiger charge is 2.27. The third-order valence-corrected chi connectivity index (χ3v) is 3.87. The zero-order valence-electron chi connectivity index (χ0n) is 14.5. The Morgan fingerprint density at radius 3 is 2.56 bits per heavy atom. The molecular formula is C16H21N3O6. The summed E-state index contributed by atoms with van der Waals surface area (Å²) in [5, 5.41) is 2.49. The zero-order valence-corrected chi connectivity index (χ0v) is 14.5. The Hall–Kier alpha value is -2.84. The minimum atomic E-state index is -0.634. The highest BCUT2D eigenvalue weighted by Crippen LogP contribution is 2.16. The molecule has 1 fully saturated rings. The monoisotopic (exact) mass is 351 g/mol. The van der Waals surface area contributed by atoms with E-state index in [0.29, 0.717) is 23.5 Å². The maximum atomic E-state index is 12.0. The lowest BCUT2D eigenvalue weighted by Crippen LogP contribution is -2.37. The largest absolute Gasteiger partial charge is 0.462 e. The number of amides is 3. The smallest absolute Gasteiger partial charge is 0.339 e. The summed E-state index contributed by atoms with van der Waals surface area (Å²) in [4.78, 5) is 48.1. The van der Waals surface area contributed by atoms with Gasteiger partial charge in [-0.3, -0.25) is 14.5 Å². The second kappa shape index (κ2) is 7.82. The van der Waals surface area contributed by atoms with Gasteiger partial charge in [0.2, 0.25) is 0 Å². The lowest BCUT2D eigenvalue weighted by atomic mass is 10.2. The molecule has 0 atom stereocenters. The Labute approximate surface area is 144 Å². The van der Waals surface area contributed by atoms with Gasteiger partial charge in [-0.05, 0) is 26.8 Å². The van der Waals surface area contributed by atoms with E-state index in [1.54, 1.807) is 31.4 Å². The van der Waals surface area contributed by atoms with E-state index >= 15 is 0 Å². The average Bonchev–Trinajstić information content (AvgIpc) is 3.11. The molecule has 0 saturated carbocycles. The van der Waals surface area contributed by atoms with Gasteiger partial charge in [-0.15, -0.1) is 0 Å². The molecule has 1 aromatic rings. The number of nitrogens with zero attached hydrogens (tertiary/aromatic N) is 2. The number of imide groups is 1. The molecule has 0 spiro atoms. The van der Waals surface area contributed by atoms with E-state index in [2.05, 4.69) is 5.32 Å². The molecule has 1 N–H and O–H groups in total. The van der Waals surface area contributed by atoms with Crippen LogP contribution in [0.15, 0.2) is 6.07 Å². The molecule has 1 aliphatic rings. The van der Waals surface area contributed by atoms with Gasteiger partial charge >= 0.3 is 18.0 Å². The topological polar surface area (TPSA) is 107 Å². The number of nitrogens with one attached hydrogen (secondary N) is 1. The van der Waals surface area contributed by atoms with Crippen molar-refractivity contribution in [2.45, 2.75) is 27.3 Å². The average molecular weight is 351 g/mol. The van der Waals surface area contributed by atoms with Crippen LogP contribution in [0.1, 0.15) is 28.7 Å². The van der Waals surface area contributed by atoms with Crippen LogP contribution >= 0.6 is 0 Å². The molecule has 0 aliphatic carbocycles. The highest BCUT2D eigenvalue weighted by atomic mass is 16.5. The van der Waals surface area contributed by atoms with Crippen LogP contribution in [0.2, 0.25) is 0 Å². The van der Waals surface area contributed by atoms with E-state index in [-0.39, 0.29) is 19.7 Å². The fourth-order valence-electron chi connectivity index (χ4n) is 2.56. The molecule has 136 valence electrons. The molecule has 0 radical (unpaired) electrons. The molecule has 0 bridgehead atoms. The van der Waals surface area contributed by atoms with Crippen LogP contribution in [0.4, 0.5) is 4.79 Å². The standard InChI is InChI=1S/C16H21N3O6/c1-4-24-15(22)12-7-10(2)19(11(12)3)8-14(21)25-9-13(20)18-6-5-17-16(18)23/h7H,4-6,8-9H2,1-3H3,(H,17,23). The molecule has 25 heavy (non-hydrogen) atoms. The second-order valence-corrected chi connectivity index (χ2v) is 5.53. The molecule has 9 heteroatoms. The summed E-state index contributed by atoms with van der Waals surface area (Å²) in [6, 6.07) is 1.15. The molecule has 2 rings (SSSR count). The van der Waals surface area contributed by atoms with Crippen molar-refractivity contribution < 1.29 is 28.7 Å². The Balaban J connectivity index is 1.95. The van der Waals surface area contributed by atoms with Gasteiger partial charge in [0.15, 0.2) is 6.61 Å². The summed E-state index contributed by atoms with van der Waals surface area (Å²) >= 11 is 0. The molecular weight excluding hydrogens is 330 g/mol. The SMILES string of the molecule is CCOC(=O)c1cc(C)n(CC(=O)OCC(=O)N2CCNC2=O)c1C. The van der Waals surface area contributed by atoms with Crippen molar-refractivity contribution in [1.82, 2.24) is 14.8 Å². The van der Waals surface area contributed by atoms with E-state index in [9.17, 15) is 19.2 Å². The second-order valence-electron chi connectivity index (χ2n) is 5.53. The van der Waals surface area contributed by atoms with Crippen molar-refractivity contribution in [3.8, 4) is 0 Å². The van der Waals surface area contributed by atoms with Gasteiger partial charge in [0.1, 0.15) is 6.54 Å². The molecule has 1 aliphatic heterocycles. The minimum Gasteiger partial charge on any atom is -0.462 e. The fraction of sp³-hybridized carbons (Fsp3) is 0.500. The Kier molecular flexibility index (Phi) is 5.79. The molecule has 0 unspecified atom stereocenters. The number of hydrogen-bond donors (Lipinski definition) is 1. The van der Waals surface area contributed by atoms with Crippen LogP contribution in [0.5, 0.6) is 0 Å². The van der Waals surface area contributed by atoms with Crippen molar-refractivity contribution in [3.05, 3.63) is 23.0 Å². The number of carbonyl (C=O) groups excluding carboxylic acids is 4. The summed E-state index contributed by atoms with van der Waals surface area (Å²) in [6.07, 6.45) is 0. The summed E-state index contributed by atoms with van der Waals surface area (Å²) < 4.78 is 11.5. The molecule has 2 heterocycles. The molecule has 0 aromatic carbocycles. The summed E-state index contributed by atoms with van der Waals surface area (Å²) in [6.45, 7) is 5.43. The van der Waals surface area contributed by atoms with Gasteiger partial charge in [0, 0.05) is 24.5 Å². The summed E-state index contributed by atoms with van der Waals surface area (Å²) in [5.74, 6) is -1.66. The highest BCUT2D eigenvalue weighted by molar-refractivity contribution is 5.97. The lowest BCUT2D eigenvalue weighted by molar-refractivity contribution is -0.151. The Morgan fingerprint density at radius 2 is 1.96 bits per heavy atom. The summed E-state index contributed by atoms with van der Waals surface area (Å²) in [7, 11) is 0. The number of aryl methyl sites for hydroxylation is 1. The first-order chi connectivity index (χ1) is 11.8. The van der Waals surface area contributed by atoms with Gasteiger partial charge in [-0.1, -0.05) is 0 Å². The first kappa shape index (κ1) is 18.5. The van der Waals surface area contributed by atoms with E-state index in [1.165, 1.54) is 0 Å². The number of aromatic nitrogens is 1. The number of rotatable bonds is 6. The lowest BCUT2D eigenvalue weighted by Gasteiger charge is -2.13. The molecule has 3 amide bonds. The number of urea groups is 1. The van der Waals surface area contributed by atoms with Crippen LogP contribution in [0.3, 0.4) is 0 Å². The van der Waals surface area contributed by atoms with Crippen LogP contribution in [-0.4, -0.2) is 59.6 Å². The maximum absolute atomic E-state index is 12.0. The van der Waals surface area contributed by atoms with Gasteiger partial charge < -0.3 is 19.4 Å². The van der Waals surface area contributed by atoms with Crippen molar-refractivity contribution >= 4 is 23.9 Å². The van der Waals surface area contributed by atoms with Gasteiger partial charge in [-0.2, -0.15) is 0 Å². The van der Waals surface area contributed by atoms with Gasteiger partial charge in [-0.25, -0.2) is 9.59 Å². The predicted molar refractivity (Wildman–Crippen MR) is 85.9 cm³/mol. The third kappa shape index (κ3) is 4.17. The van der Waals surface area contributed by atoms with Crippen LogP contribution in [0, 0.1) is 13.8 Å². The fourth-order valence-corrected chi connectivity index (χ4v) is 2.56. The first-order valence-corrected chi connectivity index (χ1v) is 7.92. The van der Waals surface area contributed by atoms with Crippen molar-refractivity contribution in [2.75, 3.05) is 26.3 Å². The van der Waals surface area contributed by atoms with E-state index in [1.807, 2.05) is 0 Å². The van der Waals surface area contributed by atoms with E-state index in [0.717, 1.165) is 4.90 Å². The van der Waals surface area contributed by atoms with E-state index in [4.69, 9.17) is 9.47 Å². The number of hydrogen-bond acceptors (Lipinski definition) is 6. The third-order valence-electron chi connectivity index (χ3n) is 3.87. The normalized spacial score (nSPS) is 13.6. The van der Waals surface area contributed by atoms with Crippen molar-refractivity contribution in [1.29, 1.82) is 0 Å². The first-order valence-electron chi connectivity index (χ1n) is 7.92. The molecule has 1 saturated heterocycles. The van der Waals surface area contributed by atoms with Gasteiger partial charge in [0.05, 0.1) is 12.2 Å². The van der Waals surface area contributed by atoms with Crippen LogP contribution in [-0.2, 0) is 25.6 Å². The van der Waals surface area contributed by atoms with E-state index < -0.39 is 30.5 Å². The number of esters is 2. The minimum absolute atomic E-state index is 0.142. The van der Waals surface area contributed by atoms with Crippen LogP contribution < -0.4 is 5.32 Å². The van der Waals surface area contributed by atoms with Gasteiger partial charge in [0.25, 0.3) is 5.91 Å². The number of ether oxygens (including phenoxy) is 2. The maximum Gasteiger partial charge on any atom is 0.339 e. The zero-order chi connectivity index (χ0) is 18.6. The summed E-state index contributed by atoms with van der Waals surface area (Å²) in [5.41, 5.74) is 1.66. The molecule has 1 aromatic heterocycles. The Bertz CT molecular complexity index is 709.